The molecule has 1 aromatic rings. The molecule has 0 amide bonds. The molecule has 0 fully saturated rings. The van der Waals surface area contributed by atoms with Gasteiger partial charge in [-0.05, 0) is 24.6 Å². The monoisotopic (exact) mass is 378 g/mol. The normalized spacial score (nSPS) is 11.9. The van der Waals surface area contributed by atoms with Crippen molar-refractivity contribution in [1.29, 1.82) is 0 Å². The number of halogens is 1. The SMILES string of the molecule is CCCOc1ccc(Br)cc1CNCCS(=O)(=O)N(C)C. The molecule has 0 heterocycles. The van der Waals surface area contributed by atoms with Crippen LogP contribution < -0.4 is 10.1 Å². The van der Waals surface area contributed by atoms with Crippen LogP contribution in [-0.2, 0) is 16.6 Å². The number of benzene rings is 1. The number of ether oxygens (including phenoxy) is 1. The van der Waals surface area contributed by atoms with Crippen LogP contribution in [0.3, 0.4) is 0 Å². The summed E-state index contributed by atoms with van der Waals surface area (Å²) < 4.78 is 31.2. The third-order valence-electron chi connectivity index (χ3n) is 2.89. The number of hydrogen-bond acceptors (Lipinski definition) is 4. The Labute approximate surface area is 135 Å². The number of hydrogen-bond donors (Lipinski definition) is 1. The second-order valence-electron chi connectivity index (χ2n) is 4.88. The fraction of sp³-hybridized carbons (Fsp3) is 0.571. The Balaban J connectivity index is 2.56. The van der Waals surface area contributed by atoms with Crippen molar-refractivity contribution in [3.8, 4) is 5.75 Å². The van der Waals surface area contributed by atoms with E-state index < -0.39 is 10.0 Å². The second kappa shape index (κ2) is 8.73. The quantitative estimate of drug-likeness (QED) is 0.669. The molecule has 0 radical (unpaired) electrons. The van der Waals surface area contributed by atoms with E-state index in [1.165, 1.54) is 4.31 Å². The van der Waals surface area contributed by atoms with Gasteiger partial charge in [-0.1, -0.05) is 22.9 Å². The molecular formula is C14H23BrN2O3S. The summed E-state index contributed by atoms with van der Waals surface area (Å²) in [4.78, 5) is 0. The highest BCUT2D eigenvalue weighted by Gasteiger charge is 2.12. The highest BCUT2D eigenvalue weighted by molar-refractivity contribution is 9.10. The molecule has 0 aliphatic carbocycles. The van der Waals surface area contributed by atoms with Crippen molar-refractivity contribution in [2.24, 2.45) is 0 Å². The van der Waals surface area contributed by atoms with E-state index in [9.17, 15) is 8.42 Å². The van der Waals surface area contributed by atoms with Crippen LogP contribution >= 0.6 is 15.9 Å². The maximum absolute atomic E-state index is 11.7. The Morgan fingerprint density at radius 2 is 2.05 bits per heavy atom. The van der Waals surface area contributed by atoms with Crippen molar-refractivity contribution in [3.05, 3.63) is 28.2 Å². The minimum atomic E-state index is -3.15. The minimum absolute atomic E-state index is 0.0825. The van der Waals surface area contributed by atoms with Gasteiger partial charge in [0.05, 0.1) is 12.4 Å². The molecule has 0 spiro atoms. The van der Waals surface area contributed by atoms with Gasteiger partial charge in [-0.15, -0.1) is 0 Å². The zero-order valence-electron chi connectivity index (χ0n) is 12.7. The highest BCUT2D eigenvalue weighted by atomic mass is 79.9. The fourth-order valence-electron chi connectivity index (χ4n) is 1.65. The van der Waals surface area contributed by atoms with Crippen LogP contribution in [0.4, 0.5) is 0 Å². The average Bonchev–Trinajstić information content (AvgIpc) is 2.42. The summed E-state index contributed by atoms with van der Waals surface area (Å²) in [5.74, 6) is 0.919. The van der Waals surface area contributed by atoms with Gasteiger partial charge < -0.3 is 10.1 Å². The van der Waals surface area contributed by atoms with Gasteiger partial charge in [0, 0.05) is 37.2 Å². The van der Waals surface area contributed by atoms with Crippen molar-refractivity contribution >= 4 is 26.0 Å². The minimum Gasteiger partial charge on any atom is -0.493 e. The van der Waals surface area contributed by atoms with Crippen LogP contribution in [0.1, 0.15) is 18.9 Å². The summed E-state index contributed by atoms with van der Waals surface area (Å²) in [6.45, 7) is 3.70. The zero-order valence-corrected chi connectivity index (χ0v) is 15.1. The van der Waals surface area contributed by atoms with Crippen molar-refractivity contribution in [1.82, 2.24) is 9.62 Å². The lowest BCUT2D eigenvalue weighted by molar-refractivity contribution is 0.313. The van der Waals surface area contributed by atoms with Crippen LogP contribution in [0.2, 0.25) is 0 Å². The van der Waals surface area contributed by atoms with Crippen molar-refractivity contribution in [3.63, 3.8) is 0 Å². The van der Waals surface area contributed by atoms with Gasteiger partial charge in [-0.3, -0.25) is 0 Å². The fourth-order valence-corrected chi connectivity index (χ4v) is 2.82. The van der Waals surface area contributed by atoms with E-state index in [-0.39, 0.29) is 5.75 Å². The maximum atomic E-state index is 11.7. The molecule has 0 bridgehead atoms. The molecule has 1 aromatic carbocycles. The van der Waals surface area contributed by atoms with E-state index in [0.29, 0.717) is 19.7 Å². The van der Waals surface area contributed by atoms with Gasteiger partial charge in [-0.2, -0.15) is 0 Å². The molecule has 1 rings (SSSR count). The molecular weight excluding hydrogens is 356 g/mol. The van der Waals surface area contributed by atoms with E-state index >= 15 is 0 Å². The van der Waals surface area contributed by atoms with Gasteiger partial charge in [0.1, 0.15) is 5.75 Å². The van der Waals surface area contributed by atoms with E-state index in [2.05, 4.69) is 28.2 Å². The molecule has 0 aromatic heterocycles. The highest BCUT2D eigenvalue weighted by Crippen LogP contribution is 2.23. The Kier molecular flexibility index (Phi) is 7.65. The molecule has 0 aliphatic rings. The average molecular weight is 379 g/mol. The summed E-state index contributed by atoms with van der Waals surface area (Å²) in [6, 6.07) is 5.84. The molecule has 5 nitrogen and oxygen atoms in total. The summed E-state index contributed by atoms with van der Waals surface area (Å²) in [6.07, 6.45) is 0.948. The second-order valence-corrected chi connectivity index (χ2v) is 8.09. The molecule has 1 N–H and O–H groups in total. The third kappa shape index (κ3) is 6.34. The van der Waals surface area contributed by atoms with Gasteiger partial charge >= 0.3 is 0 Å². The molecule has 0 atom stereocenters. The van der Waals surface area contributed by atoms with E-state index in [0.717, 1.165) is 22.2 Å². The van der Waals surface area contributed by atoms with Gasteiger partial charge in [0.2, 0.25) is 10.0 Å². The van der Waals surface area contributed by atoms with Crippen LogP contribution in [0, 0.1) is 0 Å². The molecule has 0 saturated heterocycles. The molecule has 0 aliphatic heterocycles. The largest absolute Gasteiger partial charge is 0.493 e. The van der Waals surface area contributed by atoms with Gasteiger partial charge in [0.25, 0.3) is 0 Å². The lowest BCUT2D eigenvalue weighted by atomic mass is 10.2. The number of nitrogens with zero attached hydrogens (tertiary/aromatic N) is 1. The van der Waals surface area contributed by atoms with E-state index in [1.807, 2.05) is 18.2 Å². The summed E-state index contributed by atoms with van der Waals surface area (Å²) in [5.41, 5.74) is 1.01. The predicted octanol–water partition coefficient (Wildman–Crippen LogP) is 2.22. The standard InChI is InChI=1S/C14H23BrN2O3S/c1-4-8-20-14-6-5-13(15)10-12(14)11-16-7-9-21(18,19)17(2)3/h5-6,10,16H,4,7-9,11H2,1-3H3. The first-order valence-electron chi connectivity index (χ1n) is 6.89. The van der Waals surface area contributed by atoms with Crippen LogP contribution in [0.25, 0.3) is 0 Å². The number of sulfonamides is 1. The first kappa shape index (κ1) is 18.4. The summed E-state index contributed by atoms with van der Waals surface area (Å²) >= 11 is 3.44. The predicted molar refractivity (Wildman–Crippen MR) is 89.1 cm³/mol. The summed E-state index contributed by atoms with van der Waals surface area (Å²) in [7, 11) is -0.0708. The Bertz CT molecular complexity index is 547. The van der Waals surface area contributed by atoms with Crippen LogP contribution in [0.5, 0.6) is 5.75 Å². The number of nitrogens with one attached hydrogen (secondary N) is 1. The maximum Gasteiger partial charge on any atom is 0.214 e. The molecule has 0 unspecified atom stereocenters. The molecule has 120 valence electrons. The smallest absolute Gasteiger partial charge is 0.214 e. The van der Waals surface area contributed by atoms with E-state index in [4.69, 9.17) is 4.74 Å². The third-order valence-corrected chi connectivity index (χ3v) is 5.22. The lowest BCUT2D eigenvalue weighted by Gasteiger charge is -2.14. The van der Waals surface area contributed by atoms with Crippen LogP contribution in [0.15, 0.2) is 22.7 Å². The topological polar surface area (TPSA) is 58.6 Å². The number of rotatable bonds is 9. The van der Waals surface area contributed by atoms with Gasteiger partial charge in [0.15, 0.2) is 0 Å². The Morgan fingerprint density at radius 3 is 2.67 bits per heavy atom. The van der Waals surface area contributed by atoms with E-state index in [1.54, 1.807) is 14.1 Å². The van der Waals surface area contributed by atoms with Gasteiger partial charge in [-0.25, -0.2) is 12.7 Å². The van der Waals surface area contributed by atoms with Crippen molar-refractivity contribution < 1.29 is 13.2 Å². The zero-order chi connectivity index (χ0) is 15.9. The Hall–Kier alpha value is -0.630. The van der Waals surface area contributed by atoms with Crippen molar-refractivity contribution in [2.45, 2.75) is 19.9 Å². The first-order valence-corrected chi connectivity index (χ1v) is 9.29. The molecule has 0 saturated carbocycles. The Morgan fingerprint density at radius 1 is 1.33 bits per heavy atom. The molecule has 7 heteroatoms. The molecule has 21 heavy (non-hydrogen) atoms. The van der Waals surface area contributed by atoms with Crippen molar-refractivity contribution in [2.75, 3.05) is 33.0 Å². The van der Waals surface area contributed by atoms with Crippen LogP contribution in [-0.4, -0.2) is 45.7 Å². The first-order chi connectivity index (χ1) is 9.86. The summed E-state index contributed by atoms with van der Waals surface area (Å²) in [5, 5.41) is 3.15. The lowest BCUT2D eigenvalue weighted by Crippen LogP contribution is -2.31.